The zero-order valence-corrected chi connectivity index (χ0v) is 6.75. The van der Waals surface area contributed by atoms with Gasteiger partial charge in [0.05, 0.1) is 11.7 Å². The summed E-state index contributed by atoms with van der Waals surface area (Å²) < 4.78 is 10.7. The molecule has 1 saturated carbocycles. The van der Waals surface area contributed by atoms with Gasteiger partial charge in [0.25, 0.3) is 0 Å². The lowest BCUT2D eigenvalue weighted by Crippen LogP contribution is -2.37. The van der Waals surface area contributed by atoms with Gasteiger partial charge >= 0.3 is 0 Å². The lowest BCUT2D eigenvalue weighted by atomic mass is 10.0. The summed E-state index contributed by atoms with van der Waals surface area (Å²) in [6, 6.07) is 0. The Labute approximate surface area is 66.3 Å². The SMILES string of the molecule is CO[C@H]1C[C@H](O)CC2(CC2)O1. The highest BCUT2D eigenvalue weighted by Gasteiger charge is 2.50. The number of hydrogen-bond donors (Lipinski definition) is 1. The zero-order valence-electron chi connectivity index (χ0n) is 6.75. The minimum Gasteiger partial charge on any atom is -0.393 e. The van der Waals surface area contributed by atoms with E-state index in [4.69, 9.17) is 9.47 Å². The van der Waals surface area contributed by atoms with Crippen LogP contribution in [0.5, 0.6) is 0 Å². The quantitative estimate of drug-likeness (QED) is 0.609. The molecule has 2 atom stereocenters. The number of ether oxygens (including phenoxy) is 2. The van der Waals surface area contributed by atoms with Gasteiger partial charge in [0.1, 0.15) is 0 Å². The molecule has 0 bridgehead atoms. The van der Waals surface area contributed by atoms with Crippen LogP contribution in [0.2, 0.25) is 0 Å². The van der Waals surface area contributed by atoms with E-state index in [0.29, 0.717) is 6.42 Å². The summed E-state index contributed by atoms with van der Waals surface area (Å²) in [5, 5.41) is 9.43. The standard InChI is InChI=1S/C8H14O3/c1-10-7-4-6(9)5-8(11-7)2-3-8/h6-7,9H,2-5H2,1H3/t6-,7+/m0/s1. The highest BCUT2D eigenvalue weighted by Crippen LogP contribution is 2.47. The van der Waals surface area contributed by atoms with Gasteiger partial charge in [0.2, 0.25) is 0 Å². The second-order valence-electron chi connectivity index (χ2n) is 3.56. The average Bonchev–Trinajstić information content (AvgIpc) is 2.67. The Morgan fingerprint density at radius 2 is 2.27 bits per heavy atom. The van der Waals surface area contributed by atoms with Gasteiger partial charge in [-0.2, -0.15) is 0 Å². The molecule has 1 N–H and O–H groups in total. The monoisotopic (exact) mass is 158 g/mol. The summed E-state index contributed by atoms with van der Waals surface area (Å²) in [5.41, 5.74) is -0.00164. The molecule has 3 nitrogen and oxygen atoms in total. The molecule has 1 spiro atoms. The molecule has 1 aliphatic carbocycles. The molecule has 2 rings (SSSR count). The Balaban J connectivity index is 1.97. The van der Waals surface area contributed by atoms with Crippen molar-refractivity contribution in [1.29, 1.82) is 0 Å². The van der Waals surface area contributed by atoms with Gasteiger partial charge in [-0.25, -0.2) is 0 Å². The fraction of sp³-hybridized carbons (Fsp3) is 1.00. The maximum Gasteiger partial charge on any atom is 0.160 e. The Bertz CT molecular complexity index is 153. The first-order chi connectivity index (χ1) is 5.24. The number of aliphatic hydroxyl groups excluding tert-OH is 1. The topological polar surface area (TPSA) is 38.7 Å². The summed E-state index contributed by atoms with van der Waals surface area (Å²) >= 11 is 0. The van der Waals surface area contributed by atoms with Crippen LogP contribution in [0.3, 0.4) is 0 Å². The van der Waals surface area contributed by atoms with Crippen molar-refractivity contribution < 1.29 is 14.6 Å². The molecule has 3 heteroatoms. The molecule has 0 amide bonds. The Kier molecular flexibility index (Phi) is 1.67. The molecule has 0 radical (unpaired) electrons. The first kappa shape index (κ1) is 7.53. The van der Waals surface area contributed by atoms with Crippen molar-refractivity contribution in [3.05, 3.63) is 0 Å². The van der Waals surface area contributed by atoms with Crippen LogP contribution in [-0.4, -0.2) is 30.2 Å². The van der Waals surface area contributed by atoms with E-state index in [9.17, 15) is 5.11 Å². The summed E-state index contributed by atoms with van der Waals surface area (Å²) in [6.45, 7) is 0. The molecule has 0 aromatic carbocycles. The number of methoxy groups -OCH3 is 1. The van der Waals surface area contributed by atoms with Crippen LogP contribution in [-0.2, 0) is 9.47 Å². The minimum atomic E-state index is -0.226. The number of hydrogen-bond acceptors (Lipinski definition) is 3. The smallest absolute Gasteiger partial charge is 0.160 e. The fourth-order valence-electron chi connectivity index (χ4n) is 1.72. The van der Waals surface area contributed by atoms with E-state index >= 15 is 0 Å². The maximum absolute atomic E-state index is 9.43. The lowest BCUT2D eigenvalue weighted by molar-refractivity contribution is -0.214. The third-order valence-electron chi connectivity index (χ3n) is 2.52. The van der Waals surface area contributed by atoms with Crippen LogP contribution in [0, 0.1) is 0 Å². The van der Waals surface area contributed by atoms with Gasteiger partial charge in [-0.1, -0.05) is 0 Å². The van der Waals surface area contributed by atoms with Crippen molar-refractivity contribution in [3.63, 3.8) is 0 Å². The maximum atomic E-state index is 9.43. The zero-order chi connectivity index (χ0) is 7.90. The summed E-state index contributed by atoms with van der Waals surface area (Å²) in [7, 11) is 1.62. The second-order valence-corrected chi connectivity index (χ2v) is 3.56. The first-order valence-electron chi connectivity index (χ1n) is 4.13. The summed E-state index contributed by atoms with van der Waals surface area (Å²) in [6.07, 6.45) is 3.19. The Morgan fingerprint density at radius 3 is 2.82 bits per heavy atom. The van der Waals surface area contributed by atoms with Crippen LogP contribution < -0.4 is 0 Å². The molecule has 0 unspecified atom stereocenters. The molecule has 0 aromatic heterocycles. The third-order valence-corrected chi connectivity index (χ3v) is 2.52. The molecule has 0 aromatic rings. The molecule has 1 heterocycles. The fourth-order valence-corrected chi connectivity index (χ4v) is 1.72. The predicted octanol–water partition coefficient (Wildman–Crippen LogP) is 0.663. The van der Waals surface area contributed by atoms with E-state index in [1.165, 1.54) is 0 Å². The Morgan fingerprint density at radius 1 is 1.55 bits per heavy atom. The van der Waals surface area contributed by atoms with Gasteiger partial charge in [-0.05, 0) is 12.8 Å². The van der Waals surface area contributed by atoms with Crippen molar-refractivity contribution in [2.75, 3.05) is 7.11 Å². The predicted molar refractivity (Wildman–Crippen MR) is 39.1 cm³/mol. The van der Waals surface area contributed by atoms with E-state index < -0.39 is 0 Å². The van der Waals surface area contributed by atoms with Crippen molar-refractivity contribution in [3.8, 4) is 0 Å². The van der Waals surface area contributed by atoms with E-state index in [0.717, 1.165) is 19.3 Å². The number of aliphatic hydroxyl groups is 1. The van der Waals surface area contributed by atoms with Crippen LogP contribution in [0.25, 0.3) is 0 Å². The van der Waals surface area contributed by atoms with Crippen LogP contribution in [0.4, 0.5) is 0 Å². The van der Waals surface area contributed by atoms with Gasteiger partial charge in [-0.15, -0.1) is 0 Å². The van der Waals surface area contributed by atoms with Crippen LogP contribution in [0.15, 0.2) is 0 Å². The molecular formula is C8H14O3. The molecule has 2 fully saturated rings. The van der Waals surface area contributed by atoms with Crippen molar-refractivity contribution in [1.82, 2.24) is 0 Å². The van der Waals surface area contributed by atoms with Gasteiger partial charge in [0, 0.05) is 20.0 Å². The van der Waals surface area contributed by atoms with Gasteiger partial charge in [0.15, 0.2) is 6.29 Å². The van der Waals surface area contributed by atoms with E-state index in [-0.39, 0.29) is 18.0 Å². The first-order valence-corrected chi connectivity index (χ1v) is 4.13. The molecule has 64 valence electrons. The third kappa shape index (κ3) is 1.41. The largest absolute Gasteiger partial charge is 0.393 e. The van der Waals surface area contributed by atoms with Crippen molar-refractivity contribution in [2.45, 2.75) is 43.7 Å². The van der Waals surface area contributed by atoms with Crippen LogP contribution >= 0.6 is 0 Å². The molecular weight excluding hydrogens is 144 g/mol. The van der Waals surface area contributed by atoms with Crippen molar-refractivity contribution in [2.24, 2.45) is 0 Å². The summed E-state index contributed by atoms with van der Waals surface area (Å²) in [4.78, 5) is 0. The summed E-state index contributed by atoms with van der Waals surface area (Å²) in [5.74, 6) is 0. The molecule has 1 saturated heterocycles. The molecule has 2 aliphatic rings. The minimum absolute atomic E-state index is 0.00164. The normalized spacial score (nSPS) is 40.9. The van der Waals surface area contributed by atoms with E-state index in [1.54, 1.807) is 7.11 Å². The second kappa shape index (κ2) is 2.44. The Hall–Kier alpha value is -0.120. The average molecular weight is 158 g/mol. The van der Waals surface area contributed by atoms with E-state index in [1.807, 2.05) is 0 Å². The highest BCUT2D eigenvalue weighted by atomic mass is 16.7. The van der Waals surface area contributed by atoms with Crippen LogP contribution in [0.1, 0.15) is 25.7 Å². The molecule has 11 heavy (non-hydrogen) atoms. The van der Waals surface area contributed by atoms with E-state index in [2.05, 4.69) is 0 Å². The van der Waals surface area contributed by atoms with Gasteiger partial charge < -0.3 is 14.6 Å². The van der Waals surface area contributed by atoms with Gasteiger partial charge in [-0.3, -0.25) is 0 Å². The molecule has 1 aliphatic heterocycles. The highest BCUT2D eigenvalue weighted by molar-refractivity contribution is 5.00. The number of rotatable bonds is 1. The van der Waals surface area contributed by atoms with Crippen molar-refractivity contribution >= 4 is 0 Å². The lowest BCUT2D eigenvalue weighted by Gasteiger charge is -2.32.